The van der Waals surface area contributed by atoms with Crippen molar-refractivity contribution in [1.29, 1.82) is 0 Å². The second-order valence-corrected chi connectivity index (χ2v) is 7.93. The van der Waals surface area contributed by atoms with Gasteiger partial charge in [0, 0.05) is 0 Å². The minimum Gasteiger partial charge on any atom is -0.450 e. The van der Waals surface area contributed by atoms with Gasteiger partial charge in [0.2, 0.25) is 10.9 Å². The second-order valence-electron chi connectivity index (χ2n) is 6.77. The number of carbonyl (C=O) groups excluding carboxylic acids is 1. The Hall–Kier alpha value is -3.32. The van der Waals surface area contributed by atoms with Crippen LogP contribution in [0.4, 0.5) is 5.13 Å². The van der Waals surface area contributed by atoms with Crippen LogP contribution in [0.1, 0.15) is 38.3 Å². The fraction of sp³-hybridized carbons (Fsp3) is 0.143. The van der Waals surface area contributed by atoms with Crippen molar-refractivity contribution in [3.63, 3.8) is 0 Å². The number of carbonyl (C=O) groups is 1. The molecule has 1 atom stereocenters. The van der Waals surface area contributed by atoms with Gasteiger partial charge < -0.3 is 4.42 Å². The molecule has 138 valence electrons. The van der Waals surface area contributed by atoms with E-state index in [0.29, 0.717) is 21.7 Å². The topological polar surface area (TPSA) is 76.3 Å². The lowest BCUT2D eigenvalue weighted by molar-refractivity contribution is 0.0970. The molecule has 0 N–H and O–H groups in total. The number of anilines is 1. The summed E-state index contributed by atoms with van der Waals surface area (Å²) in [5.74, 6) is -0.303. The third kappa shape index (κ3) is 2.40. The summed E-state index contributed by atoms with van der Waals surface area (Å²) in [7, 11) is 0. The monoisotopic (exact) mass is 389 g/mol. The molecule has 6 nitrogen and oxygen atoms in total. The molecule has 2 aromatic carbocycles. The highest BCUT2D eigenvalue weighted by Gasteiger charge is 2.45. The van der Waals surface area contributed by atoms with Crippen LogP contribution >= 0.6 is 11.3 Å². The molecule has 2 aromatic heterocycles. The highest BCUT2D eigenvalue weighted by molar-refractivity contribution is 7.15. The standard InChI is InChI=1S/C21H15N3O3S/c1-11-8-9-15-14(10-11)18(25)16-17(13-6-4-3-5-7-13)24(20(26)19(16)27-15)21-23-22-12(2)28-21/h3-10,17H,1-2H3/t17-/m0/s1. The van der Waals surface area contributed by atoms with Gasteiger partial charge in [-0.1, -0.05) is 53.3 Å². The molecule has 4 aromatic rings. The molecule has 0 bridgehead atoms. The van der Waals surface area contributed by atoms with E-state index in [9.17, 15) is 9.59 Å². The van der Waals surface area contributed by atoms with Gasteiger partial charge in [0.05, 0.1) is 17.0 Å². The Morgan fingerprint density at radius 3 is 2.54 bits per heavy atom. The van der Waals surface area contributed by atoms with Gasteiger partial charge in [-0.05, 0) is 31.5 Å². The summed E-state index contributed by atoms with van der Waals surface area (Å²) < 4.78 is 5.93. The van der Waals surface area contributed by atoms with Crippen molar-refractivity contribution >= 4 is 33.3 Å². The lowest BCUT2D eigenvalue weighted by atomic mass is 9.98. The lowest BCUT2D eigenvalue weighted by Gasteiger charge is -2.21. The summed E-state index contributed by atoms with van der Waals surface area (Å²) in [4.78, 5) is 28.2. The molecule has 0 spiro atoms. The molecular formula is C21H15N3O3S. The predicted molar refractivity (Wildman–Crippen MR) is 107 cm³/mol. The largest absolute Gasteiger partial charge is 0.450 e. The van der Waals surface area contributed by atoms with Crippen LogP contribution in [0.5, 0.6) is 0 Å². The molecule has 1 amide bonds. The molecule has 7 heteroatoms. The van der Waals surface area contributed by atoms with E-state index in [0.717, 1.165) is 16.1 Å². The van der Waals surface area contributed by atoms with Crippen molar-refractivity contribution in [3.8, 4) is 0 Å². The number of hydrogen-bond acceptors (Lipinski definition) is 6. The van der Waals surface area contributed by atoms with E-state index in [2.05, 4.69) is 10.2 Å². The van der Waals surface area contributed by atoms with Crippen molar-refractivity contribution in [2.24, 2.45) is 0 Å². The van der Waals surface area contributed by atoms with Gasteiger partial charge in [0.15, 0.2) is 5.43 Å². The van der Waals surface area contributed by atoms with E-state index in [1.54, 1.807) is 12.1 Å². The van der Waals surface area contributed by atoms with Crippen LogP contribution < -0.4 is 10.3 Å². The third-order valence-corrected chi connectivity index (χ3v) is 5.70. The zero-order valence-electron chi connectivity index (χ0n) is 15.2. The zero-order chi connectivity index (χ0) is 19.4. The highest BCUT2D eigenvalue weighted by Crippen LogP contribution is 2.41. The summed E-state index contributed by atoms with van der Waals surface area (Å²) in [6.45, 7) is 3.75. The fourth-order valence-corrected chi connectivity index (χ4v) is 4.33. The number of hydrogen-bond donors (Lipinski definition) is 0. The average molecular weight is 389 g/mol. The molecule has 1 aliphatic heterocycles. The first-order chi connectivity index (χ1) is 13.5. The Morgan fingerprint density at radius 1 is 1.04 bits per heavy atom. The first-order valence-electron chi connectivity index (χ1n) is 8.80. The van der Waals surface area contributed by atoms with Crippen molar-refractivity contribution < 1.29 is 9.21 Å². The quantitative estimate of drug-likeness (QED) is 0.518. The summed E-state index contributed by atoms with van der Waals surface area (Å²) in [5, 5.41) is 9.85. The summed E-state index contributed by atoms with van der Waals surface area (Å²) in [6.07, 6.45) is 0. The molecule has 1 aliphatic rings. The lowest BCUT2D eigenvalue weighted by Crippen LogP contribution is -2.29. The molecule has 0 aliphatic carbocycles. The maximum atomic E-state index is 13.4. The number of aromatic nitrogens is 2. The number of amides is 1. The Balaban J connectivity index is 1.84. The molecule has 0 saturated heterocycles. The Kier molecular flexibility index (Phi) is 3.67. The van der Waals surface area contributed by atoms with Crippen LogP contribution in [0.15, 0.2) is 57.7 Å². The van der Waals surface area contributed by atoms with Crippen molar-refractivity contribution in [2.45, 2.75) is 19.9 Å². The normalized spacial score (nSPS) is 16.0. The number of nitrogens with zero attached hydrogens (tertiary/aromatic N) is 3. The molecule has 0 saturated carbocycles. The van der Waals surface area contributed by atoms with Crippen molar-refractivity contribution in [1.82, 2.24) is 10.2 Å². The maximum Gasteiger partial charge on any atom is 0.297 e. The van der Waals surface area contributed by atoms with Gasteiger partial charge in [-0.15, -0.1) is 10.2 Å². The first-order valence-corrected chi connectivity index (χ1v) is 9.62. The average Bonchev–Trinajstić information content (AvgIpc) is 3.24. The van der Waals surface area contributed by atoms with Crippen LogP contribution in [0.2, 0.25) is 0 Å². The smallest absolute Gasteiger partial charge is 0.297 e. The Bertz CT molecular complexity index is 1290. The molecule has 0 fully saturated rings. The minimum absolute atomic E-state index is 0.0723. The van der Waals surface area contributed by atoms with E-state index in [1.165, 1.54) is 16.2 Å². The molecule has 5 rings (SSSR count). The van der Waals surface area contributed by atoms with Crippen LogP contribution in [0, 0.1) is 13.8 Å². The van der Waals surface area contributed by atoms with Crippen molar-refractivity contribution in [3.05, 3.63) is 86.2 Å². The number of fused-ring (bicyclic) bond motifs is 2. The Labute approximate surface area is 164 Å². The molecule has 0 unspecified atom stereocenters. The minimum atomic E-state index is -0.600. The van der Waals surface area contributed by atoms with E-state index in [-0.39, 0.29) is 17.1 Å². The molecule has 28 heavy (non-hydrogen) atoms. The van der Waals surface area contributed by atoms with E-state index in [4.69, 9.17) is 4.42 Å². The van der Waals surface area contributed by atoms with Gasteiger partial charge in [-0.25, -0.2) is 0 Å². The van der Waals surface area contributed by atoms with Gasteiger partial charge >= 0.3 is 0 Å². The van der Waals surface area contributed by atoms with Crippen molar-refractivity contribution in [2.75, 3.05) is 4.90 Å². The summed E-state index contributed by atoms with van der Waals surface area (Å²) in [6, 6.07) is 14.2. The molecule has 0 radical (unpaired) electrons. The predicted octanol–water partition coefficient (Wildman–Crippen LogP) is 4.01. The fourth-order valence-electron chi connectivity index (χ4n) is 3.62. The maximum absolute atomic E-state index is 13.4. The summed E-state index contributed by atoms with van der Waals surface area (Å²) in [5.41, 5.74) is 2.34. The van der Waals surface area contributed by atoms with Crippen LogP contribution in [-0.4, -0.2) is 16.1 Å². The van der Waals surface area contributed by atoms with Gasteiger partial charge in [-0.3, -0.25) is 14.5 Å². The van der Waals surface area contributed by atoms with Gasteiger partial charge in [-0.2, -0.15) is 0 Å². The zero-order valence-corrected chi connectivity index (χ0v) is 16.0. The van der Waals surface area contributed by atoms with Gasteiger partial charge in [0.1, 0.15) is 10.6 Å². The van der Waals surface area contributed by atoms with Gasteiger partial charge in [0.25, 0.3) is 5.91 Å². The first kappa shape index (κ1) is 16.8. The summed E-state index contributed by atoms with van der Waals surface area (Å²) >= 11 is 1.31. The molecule has 3 heterocycles. The molecular weight excluding hydrogens is 374 g/mol. The number of aryl methyl sites for hydroxylation is 2. The van der Waals surface area contributed by atoms with Crippen LogP contribution in [-0.2, 0) is 0 Å². The highest BCUT2D eigenvalue weighted by atomic mass is 32.1. The van der Waals surface area contributed by atoms with Crippen LogP contribution in [0.3, 0.4) is 0 Å². The number of rotatable bonds is 2. The SMILES string of the molecule is Cc1ccc2oc3c(c(=O)c2c1)[C@H](c1ccccc1)N(c1nnc(C)s1)C3=O. The van der Waals surface area contributed by atoms with E-state index < -0.39 is 6.04 Å². The number of benzene rings is 2. The van der Waals surface area contributed by atoms with Crippen LogP contribution in [0.25, 0.3) is 11.0 Å². The second kappa shape index (κ2) is 6.10. The Morgan fingerprint density at radius 2 is 1.82 bits per heavy atom. The van der Waals surface area contributed by atoms with E-state index in [1.807, 2.05) is 50.2 Å². The van der Waals surface area contributed by atoms with E-state index >= 15 is 0 Å². The third-order valence-electron chi connectivity index (χ3n) is 4.86.